The van der Waals surface area contributed by atoms with Gasteiger partial charge in [-0.2, -0.15) is 0 Å². The molecule has 1 N–H and O–H groups in total. The molecule has 0 bridgehead atoms. The van der Waals surface area contributed by atoms with Crippen molar-refractivity contribution in [2.45, 2.75) is 19.1 Å². The molecule has 1 amide bonds. The number of carbonyl (C=O) groups is 1. The van der Waals surface area contributed by atoms with E-state index in [1.54, 1.807) is 12.3 Å². The minimum Gasteiger partial charge on any atom is -0.492 e. The van der Waals surface area contributed by atoms with Gasteiger partial charge in [-0.15, -0.1) is 0 Å². The average molecular weight is 455 g/mol. The number of carbonyl (C=O) groups excluding carboxylic acids is 1. The Morgan fingerprint density at radius 3 is 2.59 bits per heavy atom. The first kappa shape index (κ1) is 21.8. The third-order valence-corrected chi connectivity index (χ3v) is 5.86. The van der Waals surface area contributed by atoms with E-state index in [9.17, 15) is 4.79 Å². The molecule has 0 radical (unpaired) electrons. The Labute approximate surface area is 198 Å². The van der Waals surface area contributed by atoms with Crippen LogP contribution in [0.15, 0.2) is 85.5 Å². The minimum absolute atomic E-state index is 0.0577. The maximum absolute atomic E-state index is 12.8. The molecule has 2 aromatic carbocycles. The summed E-state index contributed by atoms with van der Waals surface area (Å²) in [6.45, 7) is 3.24. The zero-order valence-corrected chi connectivity index (χ0v) is 18.7. The van der Waals surface area contributed by atoms with Crippen molar-refractivity contribution in [2.75, 3.05) is 19.7 Å². The van der Waals surface area contributed by atoms with Gasteiger partial charge in [-0.25, -0.2) is 15.0 Å². The molecule has 5 rings (SSSR count). The number of benzene rings is 2. The summed E-state index contributed by atoms with van der Waals surface area (Å²) in [7, 11) is 0. The van der Waals surface area contributed by atoms with E-state index in [-0.39, 0.29) is 11.9 Å². The summed E-state index contributed by atoms with van der Waals surface area (Å²) < 4.78 is 8.04. The van der Waals surface area contributed by atoms with Gasteiger partial charge in [0.1, 0.15) is 30.2 Å². The molecule has 2 aromatic heterocycles. The smallest absolute Gasteiger partial charge is 0.271 e. The first-order valence-electron chi connectivity index (χ1n) is 11.3. The molecule has 0 fully saturated rings. The third kappa shape index (κ3) is 4.97. The van der Waals surface area contributed by atoms with Crippen LogP contribution in [-0.4, -0.2) is 50.0 Å². The molecule has 0 saturated heterocycles. The standard InChI is InChI=1S/C26H26N6O2/c33-26(28-17-21-11-12-27-19-29-21)23-18-32-14-13-31(15-16-34-22-9-5-2-6-10-22)24(25(32)30-23)20-7-3-1-4-8-20/h1-12,18-19,24H,13-17H2,(H,28,33). The van der Waals surface area contributed by atoms with Crippen LogP contribution in [0.25, 0.3) is 0 Å². The van der Waals surface area contributed by atoms with E-state index in [0.29, 0.717) is 18.8 Å². The quantitative estimate of drug-likeness (QED) is 0.440. The fraction of sp³-hybridized carbons (Fsp3) is 0.231. The van der Waals surface area contributed by atoms with Gasteiger partial charge in [0.25, 0.3) is 5.91 Å². The summed E-state index contributed by atoms with van der Waals surface area (Å²) in [5.74, 6) is 1.51. The Bertz CT molecular complexity index is 1210. The molecule has 8 nitrogen and oxygen atoms in total. The van der Waals surface area contributed by atoms with Crippen molar-refractivity contribution < 1.29 is 9.53 Å². The lowest BCUT2D eigenvalue weighted by atomic mass is 10.0. The van der Waals surface area contributed by atoms with Gasteiger partial charge in [0.05, 0.1) is 18.3 Å². The number of hydrogen-bond acceptors (Lipinski definition) is 6. The molecule has 3 heterocycles. The Morgan fingerprint density at radius 1 is 1.03 bits per heavy atom. The van der Waals surface area contributed by atoms with E-state index in [1.165, 1.54) is 6.33 Å². The monoisotopic (exact) mass is 454 g/mol. The lowest BCUT2D eigenvalue weighted by molar-refractivity contribution is 0.0945. The van der Waals surface area contributed by atoms with E-state index >= 15 is 0 Å². The fourth-order valence-electron chi connectivity index (χ4n) is 4.18. The van der Waals surface area contributed by atoms with Gasteiger partial charge in [0.2, 0.25) is 0 Å². The molecule has 1 aliphatic rings. The highest BCUT2D eigenvalue weighted by molar-refractivity contribution is 5.92. The second-order valence-electron chi connectivity index (χ2n) is 8.07. The SMILES string of the molecule is O=C(NCc1ccncn1)c1cn2c(n1)C(c1ccccc1)N(CCOc1ccccc1)CC2. The van der Waals surface area contributed by atoms with Crippen LogP contribution in [0.5, 0.6) is 5.75 Å². The maximum atomic E-state index is 12.8. The second-order valence-corrected chi connectivity index (χ2v) is 8.07. The number of para-hydroxylation sites is 1. The van der Waals surface area contributed by atoms with Crippen LogP contribution in [0.3, 0.4) is 0 Å². The summed E-state index contributed by atoms with van der Waals surface area (Å²) in [6.07, 6.45) is 4.97. The van der Waals surface area contributed by atoms with Gasteiger partial charge in [-0.3, -0.25) is 9.69 Å². The normalized spacial score (nSPS) is 15.5. The Hall–Kier alpha value is -4.04. The molecule has 1 unspecified atom stereocenters. The number of imidazole rings is 1. The first-order chi connectivity index (χ1) is 16.8. The predicted molar refractivity (Wildman–Crippen MR) is 127 cm³/mol. The zero-order valence-electron chi connectivity index (χ0n) is 18.7. The van der Waals surface area contributed by atoms with Crippen LogP contribution >= 0.6 is 0 Å². The van der Waals surface area contributed by atoms with Crippen molar-refractivity contribution in [2.24, 2.45) is 0 Å². The van der Waals surface area contributed by atoms with Crippen molar-refractivity contribution >= 4 is 5.91 Å². The number of nitrogens with one attached hydrogen (secondary N) is 1. The van der Waals surface area contributed by atoms with Crippen LogP contribution in [0.1, 0.15) is 33.6 Å². The molecular formula is C26H26N6O2. The molecule has 1 aliphatic heterocycles. The molecule has 34 heavy (non-hydrogen) atoms. The molecule has 0 saturated carbocycles. The largest absolute Gasteiger partial charge is 0.492 e. The Morgan fingerprint density at radius 2 is 1.82 bits per heavy atom. The van der Waals surface area contributed by atoms with E-state index in [0.717, 1.165) is 42.5 Å². The van der Waals surface area contributed by atoms with Gasteiger partial charge in [-0.05, 0) is 23.8 Å². The summed E-state index contributed by atoms with van der Waals surface area (Å²) >= 11 is 0. The highest BCUT2D eigenvalue weighted by Gasteiger charge is 2.32. The van der Waals surface area contributed by atoms with E-state index in [2.05, 4.69) is 36.9 Å². The van der Waals surface area contributed by atoms with Gasteiger partial charge >= 0.3 is 0 Å². The van der Waals surface area contributed by atoms with Gasteiger partial charge < -0.3 is 14.6 Å². The topological polar surface area (TPSA) is 85.2 Å². The summed E-state index contributed by atoms with van der Waals surface area (Å²) in [6, 6.07) is 21.8. The van der Waals surface area contributed by atoms with Crippen LogP contribution in [0.2, 0.25) is 0 Å². The highest BCUT2D eigenvalue weighted by atomic mass is 16.5. The van der Waals surface area contributed by atoms with Crippen LogP contribution < -0.4 is 10.1 Å². The molecule has 0 spiro atoms. The Kier molecular flexibility index (Phi) is 6.58. The second kappa shape index (κ2) is 10.3. The molecule has 8 heteroatoms. The van der Waals surface area contributed by atoms with Crippen molar-refractivity contribution in [3.8, 4) is 5.75 Å². The summed E-state index contributed by atoms with van der Waals surface area (Å²) in [4.78, 5) is 28.0. The lowest BCUT2D eigenvalue weighted by Crippen LogP contribution is -2.41. The zero-order chi connectivity index (χ0) is 23.2. The molecule has 4 aromatic rings. The van der Waals surface area contributed by atoms with Crippen LogP contribution in [-0.2, 0) is 13.1 Å². The van der Waals surface area contributed by atoms with Gasteiger partial charge in [0.15, 0.2) is 0 Å². The van der Waals surface area contributed by atoms with E-state index in [1.807, 2.05) is 54.7 Å². The fourth-order valence-corrected chi connectivity index (χ4v) is 4.18. The molecule has 0 aliphatic carbocycles. The molecular weight excluding hydrogens is 428 g/mol. The van der Waals surface area contributed by atoms with E-state index in [4.69, 9.17) is 9.72 Å². The number of nitrogens with zero attached hydrogens (tertiary/aromatic N) is 5. The first-order valence-corrected chi connectivity index (χ1v) is 11.3. The highest BCUT2D eigenvalue weighted by Crippen LogP contribution is 2.31. The van der Waals surface area contributed by atoms with Crippen molar-refractivity contribution in [1.29, 1.82) is 0 Å². The van der Waals surface area contributed by atoms with Crippen molar-refractivity contribution in [1.82, 2.24) is 29.7 Å². The third-order valence-electron chi connectivity index (χ3n) is 5.86. The molecule has 172 valence electrons. The number of fused-ring (bicyclic) bond motifs is 1. The lowest BCUT2D eigenvalue weighted by Gasteiger charge is -2.36. The maximum Gasteiger partial charge on any atom is 0.271 e. The number of hydrogen-bond donors (Lipinski definition) is 1. The predicted octanol–water partition coefficient (Wildman–Crippen LogP) is 3.09. The number of rotatable bonds is 8. The van der Waals surface area contributed by atoms with Crippen molar-refractivity contribution in [3.63, 3.8) is 0 Å². The average Bonchev–Trinajstić information content (AvgIpc) is 3.33. The number of aromatic nitrogens is 4. The molecule has 1 atom stereocenters. The van der Waals surface area contributed by atoms with Gasteiger partial charge in [0, 0.05) is 32.0 Å². The van der Waals surface area contributed by atoms with Crippen LogP contribution in [0, 0.1) is 0 Å². The number of amides is 1. The number of ether oxygens (including phenoxy) is 1. The Balaban J connectivity index is 1.33. The summed E-state index contributed by atoms with van der Waals surface area (Å²) in [5.41, 5.74) is 2.30. The summed E-state index contributed by atoms with van der Waals surface area (Å²) in [5, 5.41) is 2.90. The minimum atomic E-state index is -0.216. The van der Waals surface area contributed by atoms with Gasteiger partial charge in [-0.1, -0.05) is 48.5 Å². The van der Waals surface area contributed by atoms with Crippen LogP contribution in [0.4, 0.5) is 0 Å². The van der Waals surface area contributed by atoms with E-state index < -0.39 is 0 Å². The van der Waals surface area contributed by atoms with Crippen molar-refractivity contribution in [3.05, 3.63) is 108 Å².